The minimum absolute atomic E-state index is 0.642. The summed E-state index contributed by atoms with van der Waals surface area (Å²) in [5.74, 6) is 1.48. The third kappa shape index (κ3) is 3.95. The number of aryl methyl sites for hydroxylation is 1. The maximum Gasteiger partial charge on any atom is 0.146 e. The molecule has 0 aliphatic rings. The first kappa shape index (κ1) is 22.4. The highest BCUT2D eigenvalue weighted by Gasteiger charge is 2.22. The number of hydrogen-bond acceptors (Lipinski definition) is 4. The molecule has 0 radical (unpaired) electrons. The number of fused-ring (bicyclic) bond motifs is 1. The van der Waals surface area contributed by atoms with Crippen LogP contribution in [-0.2, 0) is 13.1 Å². The van der Waals surface area contributed by atoms with Gasteiger partial charge >= 0.3 is 0 Å². The van der Waals surface area contributed by atoms with Crippen molar-refractivity contribution in [2.75, 3.05) is 5.32 Å². The summed E-state index contributed by atoms with van der Waals surface area (Å²) in [4.78, 5) is 9.29. The normalized spacial score (nSPS) is 11.1. The molecule has 5 rings (SSSR count). The van der Waals surface area contributed by atoms with Gasteiger partial charge in [0.05, 0.1) is 10.9 Å². The maximum absolute atomic E-state index is 10.0. The van der Waals surface area contributed by atoms with E-state index in [2.05, 4.69) is 87.7 Å². The van der Waals surface area contributed by atoms with Gasteiger partial charge in [0.1, 0.15) is 29.7 Å². The van der Waals surface area contributed by atoms with Gasteiger partial charge in [0.15, 0.2) is 0 Å². The quantitative estimate of drug-likeness (QED) is 0.328. The summed E-state index contributed by atoms with van der Waals surface area (Å²) in [5.41, 5.74) is 8.24. The van der Waals surface area contributed by atoms with Crippen molar-refractivity contribution >= 4 is 22.7 Å². The second-order valence-electron chi connectivity index (χ2n) is 8.95. The van der Waals surface area contributed by atoms with Crippen LogP contribution in [0.1, 0.15) is 39.2 Å². The van der Waals surface area contributed by atoms with Crippen LogP contribution in [0.3, 0.4) is 0 Å². The standard InChI is InChI=1S/C29H28N6/c1-19-21(3)34(16-23-11-7-5-8-12-23)28(25(19)15-30)33-27-26-20(2)22(4)35(29(26)32-18-31-27)17-24-13-9-6-10-14-24/h5-14,18H,16-17H2,1-4H3,(H,31,32,33). The maximum atomic E-state index is 10.0. The van der Waals surface area contributed by atoms with Crippen LogP contribution >= 0.6 is 0 Å². The number of benzene rings is 2. The monoisotopic (exact) mass is 460 g/mol. The number of anilines is 2. The van der Waals surface area contributed by atoms with Crippen LogP contribution in [-0.4, -0.2) is 19.1 Å². The van der Waals surface area contributed by atoms with Crippen molar-refractivity contribution in [3.8, 4) is 6.07 Å². The summed E-state index contributed by atoms with van der Waals surface area (Å²) in [6.45, 7) is 9.70. The zero-order chi connectivity index (χ0) is 24.5. The fourth-order valence-electron chi connectivity index (χ4n) is 4.73. The zero-order valence-corrected chi connectivity index (χ0v) is 20.5. The Bertz CT molecular complexity index is 1550. The fourth-order valence-corrected chi connectivity index (χ4v) is 4.73. The lowest BCUT2D eigenvalue weighted by Crippen LogP contribution is -2.08. The topological polar surface area (TPSA) is 71.5 Å². The van der Waals surface area contributed by atoms with Crippen molar-refractivity contribution in [3.63, 3.8) is 0 Å². The second kappa shape index (κ2) is 9.11. The molecule has 0 aliphatic heterocycles. The minimum atomic E-state index is 0.642. The molecule has 3 heterocycles. The van der Waals surface area contributed by atoms with E-state index in [1.807, 2.05) is 31.2 Å². The number of nitrogens with zero attached hydrogens (tertiary/aromatic N) is 5. The van der Waals surface area contributed by atoms with Gasteiger partial charge in [0.25, 0.3) is 0 Å². The van der Waals surface area contributed by atoms with Crippen LogP contribution in [0.2, 0.25) is 0 Å². The molecule has 0 fully saturated rings. The van der Waals surface area contributed by atoms with Crippen LogP contribution < -0.4 is 5.32 Å². The number of nitriles is 1. The van der Waals surface area contributed by atoms with Gasteiger partial charge < -0.3 is 14.5 Å². The van der Waals surface area contributed by atoms with Gasteiger partial charge in [-0.3, -0.25) is 0 Å². The van der Waals surface area contributed by atoms with Gasteiger partial charge in [-0.05, 0) is 49.9 Å². The zero-order valence-electron chi connectivity index (χ0n) is 20.5. The van der Waals surface area contributed by atoms with Crippen LogP contribution in [0.4, 0.5) is 11.6 Å². The molecule has 3 aromatic heterocycles. The summed E-state index contributed by atoms with van der Waals surface area (Å²) in [7, 11) is 0. The van der Waals surface area contributed by atoms with Crippen molar-refractivity contribution in [1.82, 2.24) is 19.1 Å². The summed E-state index contributed by atoms with van der Waals surface area (Å²) < 4.78 is 4.40. The van der Waals surface area contributed by atoms with Crippen LogP contribution in [0.5, 0.6) is 0 Å². The van der Waals surface area contributed by atoms with Gasteiger partial charge in [-0.25, -0.2) is 9.97 Å². The smallest absolute Gasteiger partial charge is 0.146 e. The fraction of sp³-hybridized carbons (Fsp3) is 0.207. The molecule has 0 saturated heterocycles. The van der Waals surface area contributed by atoms with E-state index in [1.165, 1.54) is 11.1 Å². The van der Waals surface area contributed by atoms with Crippen molar-refractivity contribution in [2.24, 2.45) is 0 Å². The van der Waals surface area contributed by atoms with Crippen LogP contribution in [0, 0.1) is 39.0 Å². The predicted octanol–water partition coefficient (Wildman–Crippen LogP) is 6.18. The van der Waals surface area contributed by atoms with E-state index in [0.717, 1.165) is 45.9 Å². The molecular weight excluding hydrogens is 432 g/mol. The molecule has 35 heavy (non-hydrogen) atoms. The molecule has 0 spiro atoms. The third-order valence-electron chi connectivity index (χ3n) is 6.95. The highest BCUT2D eigenvalue weighted by atomic mass is 15.2. The summed E-state index contributed by atoms with van der Waals surface area (Å²) >= 11 is 0. The molecule has 6 heteroatoms. The van der Waals surface area contributed by atoms with Crippen LogP contribution in [0.25, 0.3) is 11.0 Å². The minimum Gasteiger partial charge on any atom is -0.326 e. The Morgan fingerprint density at radius 2 is 1.34 bits per heavy atom. The van der Waals surface area contributed by atoms with Crippen molar-refractivity contribution < 1.29 is 0 Å². The molecule has 5 aromatic rings. The number of rotatable bonds is 6. The molecule has 0 unspecified atom stereocenters. The van der Waals surface area contributed by atoms with Gasteiger partial charge in [0.2, 0.25) is 0 Å². The summed E-state index contributed by atoms with van der Waals surface area (Å²) in [5, 5.41) is 14.5. The van der Waals surface area contributed by atoms with Crippen molar-refractivity contribution in [3.05, 3.63) is 106 Å². The van der Waals surface area contributed by atoms with E-state index >= 15 is 0 Å². The lowest BCUT2D eigenvalue weighted by molar-refractivity contribution is 0.780. The first-order valence-corrected chi connectivity index (χ1v) is 11.7. The van der Waals surface area contributed by atoms with Gasteiger partial charge in [0, 0.05) is 24.5 Å². The van der Waals surface area contributed by atoms with Crippen LogP contribution in [0.15, 0.2) is 67.0 Å². The lowest BCUT2D eigenvalue weighted by atomic mass is 10.2. The second-order valence-corrected chi connectivity index (χ2v) is 8.95. The van der Waals surface area contributed by atoms with Crippen molar-refractivity contribution in [1.29, 1.82) is 5.26 Å². The van der Waals surface area contributed by atoms with E-state index < -0.39 is 0 Å². The number of nitrogens with one attached hydrogen (secondary N) is 1. The average Bonchev–Trinajstić information content (AvgIpc) is 3.25. The Morgan fingerprint density at radius 3 is 1.94 bits per heavy atom. The highest BCUT2D eigenvalue weighted by Crippen LogP contribution is 2.34. The molecule has 2 aromatic carbocycles. The van der Waals surface area contributed by atoms with E-state index in [-0.39, 0.29) is 0 Å². The van der Waals surface area contributed by atoms with E-state index in [1.54, 1.807) is 6.33 Å². The summed E-state index contributed by atoms with van der Waals surface area (Å²) in [6, 6.07) is 23.1. The van der Waals surface area contributed by atoms with E-state index in [4.69, 9.17) is 0 Å². The largest absolute Gasteiger partial charge is 0.326 e. The lowest BCUT2D eigenvalue weighted by Gasteiger charge is -2.14. The number of aromatic nitrogens is 4. The molecule has 174 valence electrons. The molecular formula is C29H28N6. The SMILES string of the molecule is Cc1c(C#N)c(Nc2ncnc3c2c(C)c(C)n3Cc2ccccc2)n(Cc2ccccc2)c1C. The average molecular weight is 461 g/mol. The Hall–Kier alpha value is -4.37. The predicted molar refractivity (Wildman–Crippen MR) is 140 cm³/mol. The van der Waals surface area contributed by atoms with E-state index in [9.17, 15) is 5.26 Å². The number of hydrogen-bond donors (Lipinski definition) is 1. The third-order valence-corrected chi connectivity index (χ3v) is 6.95. The Morgan fingerprint density at radius 1 is 0.771 bits per heavy atom. The first-order chi connectivity index (χ1) is 17.0. The molecule has 0 bridgehead atoms. The molecule has 0 atom stereocenters. The molecule has 0 saturated carbocycles. The molecule has 1 N–H and O–H groups in total. The van der Waals surface area contributed by atoms with E-state index in [0.29, 0.717) is 17.9 Å². The Kier molecular flexibility index (Phi) is 5.84. The molecule has 0 amide bonds. The molecule has 6 nitrogen and oxygen atoms in total. The summed E-state index contributed by atoms with van der Waals surface area (Å²) in [6.07, 6.45) is 1.60. The molecule has 0 aliphatic carbocycles. The van der Waals surface area contributed by atoms with Gasteiger partial charge in [-0.15, -0.1) is 0 Å². The first-order valence-electron chi connectivity index (χ1n) is 11.7. The van der Waals surface area contributed by atoms with Gasteiger partial charge in [-0.1, -0.05) is 60.7 Å². The van der Waals surface area contributed by atoms with Crippen molar-refractivity contribution in [2.45, 2.75) is 40.8 Å². The Balaban J connectivity index is 1.62. The van der Waals surface area contributed by atoms with Gasteiger partial charge in [-0.2, -0.15) is 5.26 Å². The highest BCUT2D eigenvalue weighted by molar-refractivity contribution is 5.93. The Labute approximate surface area is 205 Å².